The Morgan fingerprint density at radius 1 is 1.35 bits per heavy atom. The van der Waals surface area contributed by atoms with Crippen LogP contribution in [-0.4, -0.2) is 38.0 Å². The molecule has 1 aromatic carbocycles. The Labute approximate surface area is 152 Å². The molecular formula is C17H27IN2O3. The van der Waals surface area contributed by atoms with Gasteiger partial charge in [-0.1, -0.05) is 6.07 Å². The van der Waals surface area contributed by atoms with Gasteiger partial charge in [-0.25, -0.2) is 4.79 Å². The molecule has 0 aliphatic rings. The zero-order valence-corrected chi connectivity index (χ0v) is 16.5. The average molecular weight is 434 g/mol. The molecule has 1 amide bonds. The van der Waals surface area contributed by atoms with Crippen LogP contribution in [0.25, 0.3) is 0 Å². The normalized spacial score (nSPS) is 12.6. The van der Waals surface area contributed by atoms with Crippen LogP contribution >= 0.6 is 22.6 Å². The van der Waals surface area contributed by atoms with E-state index in [2.05, 4.69) is 45.4 Å². The van der Waals surface area contributed by atoms with E-state index in [1.165, 1.54) is 3.57 Å². The zero-order valence-electron chi connectivity index (χ0n) is 14.3. The molecule has 0 spiro atoms. The molecule has 0 saturated heterocycles. The topological polar surface area (TPSA) is 59.6 Å². The van der Waals surface area contributed by atoms with E-state index in [-0.39, 0.29) is 12.1 Å². The molecule has 5 nitrogen and oxygen atoms in total. The van der Waals surface area contributed by atoms with Gasteiger partial charge in [-0.2, -0.15) is 0 Å². The van der Waals surface area contributed by atoms with Crippen molar-refractivity contribution in [2.45, 2.75) is 45.3 Å². The number of rotatable bonds is 8. The van der Waals surface area contributed by atoms with Crippen molar-refractivity contribution in [3.8, 4) is 0 Å². The highest BCUT2D eigenvalue weighted by Crippen LogP contribution is 2.15. The molecule has 0 saturated carbocycles. The summed E-state index contributed by atoms with van der Waals surface area (Å²) < 4.78 is 11.7. The second-order valence-electron chi connectivity index (χ2n) is 6.38. The van der Waals surface area contributed by atoms with E-state index in [1.807, 2.05) is 32.9 Å². The summed E-state index contributed by atoms with van der Waals surface area (Å²) in [5.74, 6) is 0. The number of alkyl carbamates (subject to hydrolysis) is 1. The van der Waals surface area contributed by atoms with Crippen molar-refractivity contribution in [1.82, 2.24) is 5.32 Å². The molecule has 1 aromatic rings. The molecule has 0 bridgehead atoms. The number of halogens is 1. The maximum absolute atomic E-state index is 11.6. The summed E-state index contributed by atoms with van der Waals surface area (Å²) in [6.07, 6.45) is 1.38. The highest BCUT2D eigenvalue weighted by Gasteiger charge is 2.15. The van der Waals surface area contributed by atoms with E-state index in [0.29, 0.717) is 13.2 Å². The van der Waals surface area contributed by atoms with Crippen molar-refractivity contribution in [2.24, 2.45) is 0 Å². The second-order valence-corrected chi connectivity index (χ2v) is 7.62. The molecule has 0 aliphatic heterocycles. The van der Waals surface area contributed by atoms with Crippen LogP contribution in [0.5, 0.6) is 0 Å². The van der Waals surface area contributed by atoms with E-state index < -0.39 is 5.60 Å². The number of amides is 1. The number of carbonyl (C=O) groups is 1. The molecule has 0 aliphatic carbocycles. The molecule has 0 fully saturated rings. The minimum atomic E-state index is -0.464. The number of hydrogen-bond donors (Lipinski definition) is 2. The van der Waals surface area contributed by atoms with Crippen LogP contribution < -0.4 is 10.6 Å². The lowest BCUT2D eigenvalue weighted by atomic mass is 10.1. The lowest BCUT2D eigenvalue weighted by molar-refractivity contribution is 0.0526. The van der Waals surface area contributed by atoms with E-state index in [0.717, 1.165) is 18.5 Å². The summed E-state index contributed by atoms with van der Waals surface area (Å²) in [7, 11) is 1.70. The Kier molecular flexibility index (Phi) is 8.68. The zero-order chi connectivity index (χ0) is 17.3. The lowest BCUT2D eigenvalue weighted by Crippen LogP contribution is -2.33. The number of carbonyl (C=O) groups excluding carboxylic acids is 1. The fourth-order valence-electron chi connectivity index (χ4n) is 2.07. The maximum atomic E-state index is 11.6. The Morgan fingerprint density at radius 3 is 2.70 bits per heavy atom. The fourth-order valence-corrected chi connectivity index (χ4v) is 2.61. The molecule has 0 heterocycles. The minimum absolute atomic E-state index is 0.207. The van der Waals surface area contributed by atoms with Gasteiger partial charge in [0.05, 0.1) is 6.61 Å². The smallest absolute Gasteiger partial charge is 0.407 e. The van der Waals surface area contributed by atoms with Crippen molar-refractivity contribution in [3.05, 3.63) is 27.8 Å². The second kappa shape index (κ2) is 9.97. The summed E-state index contributed by atoms with van der Waals surface area (Å²) in [6, 6.07) is 8.44. The van der Waals surface area contributed by atoms with E-state index >= 15 is 0 Å². The summed E-state index contributed by atoms with van der Waals surface area (Å²) in [6.45, 7) is 6.77. The molecule has 1 unspecified atom stereocenters. The number of anilines is 1. The highest BCUT2D eigenvalue weighted by molar-refractivity contribution is 14.1. The fraction of sp³-hybridized carbons (Fsp3) is 0.588. The van der Waals surface area contributed by atoms with E-state index in [4.69, 9.17) is 9.47 Å². The molecule has 23 heavy (non-hydrogen) atoms. The van der Waals surface area contributed by atoms with Gasteiger partial charge in [0, 0.05) is 29.0 Å². The molecule has 2 N–H and O–H groups in total. The van der Waals surface area contributed by atoms with Gasteiger partial charge in [0.1, 0.15) is 5.60 Å². The van der Waals surface area contributed by atoms with E-state index in [1.54, 1.807) is 7.11 Å². The average Bonchev–Trinajstić information content (AvgIpc) is 2.42. The number of benzene rings is 1. The first-order valence-corrected chi connectivity index (χ1v) is 8.86. The van der Waals surface area contributed by atoms with Crippen LogP contribution in [0.2, 0.25) is 0 Å². The molecule has 0 aromatic heterocycles. The van der Waals surface area contributed by atoms with Gasteiger partial charge in [-0.15, -0.1) is 0 Å². The van der Waals surface area contributed by atoms with Crippen molar-refractivity contribution in [2.75, 3.05) is 25.6 Å². The Morgan fingerprint density at radius 2 is 2.09 bits per heavy atom. The van der Waals surface area contributed by atoms with Crippen molar-refractivity contribution < 1.29 is 14.3 Å². The summed E-state index contributed by atoms with van der Waals surface area (Å²) in [4.78, 5) is 11.6. The molecule has 6 heteroatoms. The molecule has 0 radical (unpaired) electrons. The standard InChI is InChI=1S/C17H27IN2O3/c1-17(2,3)23-16(21)19-10-6-9-15(12-22-4)20-14-8-5-7-13(18)11-14/h5,7-8,11,15,20H,6,9-10,12H2,1-4H3,(H,19,21). The lowest BCUT2D eigenvalue weighted by Gasteiger charge is -2.21. The van der Waals surface area contributed by atoms with Crippen molar-refractivity contribution in [1.29, 1.82) is 0 Å². The third-order valence-electron chi connectivity index (χ3n) is 2.96. The SMILES string of the molecule is COCC(CCCNC(=O)OC(C)(C)C)Nc1cccc(I)c1. The molecule has 1 rings (SSSR count). The molecular weight excluding hydrogens is 407 g/mol. The first-order valence-electron chi connectivity index (χ1n) is 7.78. The van der Waals surface area contributed by atoms with Crippen LogP contribution in [0.3, 0.4) is 0 Å². The predicted molar refractivity (Wildman–Crippen MR) is 102 cm³/mol. The van der Waals surface area contributed by atoms with E-state index in [9.17, 15) is 4.79 Å². The number of hydrogen-bond acceptors (Lipinski definition) is 4. The van der Waals surface area contributed by atoms with Gasteiger partial charge < -0.3 is 20.1 Å². The maximum Gasteiger partial charge on any atom is 0.407 e. The Bertz CT molecular complexity index is 489. The number of nitrogens with one attached hydrogen (secondary N) is 2. The quantitative estimate of drug-likeness (QED) is 0.480. The minimum Gasteiger partial charge on any atom is -0.444 e. The summed E-state index contributed by atoms with van der Waals surface area (Å²) >= 11 is 2.29. The van der Waals surface area contributed by atoms with Crippen LogP contribution in [0.4, 0.5) is 10.5 Å². The van der Waals surface area contributed by atoms with Crippen LogP contribution in [0.1, 0.15) is 33.6 Å². The Balaban J connectivity index is 2.35. The van der Waals surface area contributed by atoms with Crippen molar-refractivity contribution >= 4 is 34.4 Å². The first-order chi connectivity index (χ1) is 10.8. The van der Waals surface area contributed by atoms with Crippen LogP contribution in [0.15, 0.2) is 24.3 Å². The first kappa shape index (κ1) is 20.0. The van der Waals surface area contributed by atoms with Gasteiger partial charge in [-0.05, 0) is 74.4 Å². The highest BCUT2D eigenvalue weighted by atomic mass is 127. The Hall–Kier alpha value is -1.02. The monoisotopic (exact) mass is 434 g/mol. The van der Waals surface area contributed by atoms with Crippen LogP contribution in [0, 0.1) is 3.57 Å². The predicted octanol–water partition coefficient (Wildman–Crippen LogP) is 4.02. The van der Waals surface area contributed by atoms with Gasteiger partial charge >= 0.3 is 6.09 Å². The largest absolute Gasteiger partial charge is 0.444 e. The third-order valence-corrected chi connectivity index (χ3v) is 3.63. The van der Waals surface area contributed by atoms with Gasteiger partial charge in [-0.3, -0.25) is 0 Å². The molecule has 130 valence electrons. The summed E-state index contributed by atoms with van der Waals surface area (Å²) in [5.41, 5.74) is 0.619. The van der Waals surface area contributed by atoms with Gasteiger partial charge in [0.2, 0.25) is 0 Å². The van der Waals surface area contributed by atoms with Crippen LogP contribution in [-0.2, 0) is 9.47 Å². The summed E-state index contributed by atoms with van der Waals surface area (Å²) in [5, 5.41) is 6.25. The van der Waals surface area contributed by atoms with Gasteiger partial charge in [0.15, 0.2) is 0 Å². The van der Waals surface area contributed by atoms with Gasteiger partial charge in [0.25, 0.3) is 0 Å². The number of methoxy groups -OCH3 is 1. The van der Waals surface area contributed by atoms with Crippen molar-refractivity contribution in [3.63, 3.8) is 0 Å². The molecule has 1 atom stereocenters. The third kappa shape index (κ3) is 9.65. The number of ether oxygens (including phenoxy) is 2.